The Morgan fingerprint density at radius 1 is 0.575 bits per heavy atom. The van der Waals surface area contributed by atoms with Crippen molar-refractivity contribution in [3.8, 4) is 0 Å². The predicted molar refractivity (Wildman–Crippen MR) is 156 cm³/mol. The van der Waals surface area contributed by atoms with E-state index in [0.717, 1.165) is 9.80 Å². The van der Waals surface area contributed by atoms with Gasteiger partial charge in [0.2, 0.25) is 0 Å². The highest BCUT2D eigenvalue weighted by Crippen LogP contribution is 2.51. The van der Waals surface area contributed by atoms with Crippen molar-refractivity contribution in [1.82, 2.24) is 9.80 Å². The van der Waals surface area contributed by atoms with Crippen molar-refractivity contribution in [3.63, 3.8) is 0 Å². The third-order valence-electron chi connectivity index (χ3n) is 7.66. The van der Waals surface area contributed by atoms with E-state index in [2.05, 4.69) is 20.3 Å². The van der Waals surface area contributed by atoms with Crippen molar-refractivity contribution in [1.29, 1.82) is 0 Å². The zero-order valence-electron chi connectivity index (χ0n) is 20.3. The monoisotopic (exact) mass is 562 g/mol. The molecular formula is C28H14N6O4S2. The zero-order valence-corrected chi connectivity index (χ0v) is 21.9. The lowest BCUT2D eigenvalue weighted by atomic mass is 9.81. The Labute approximate surface area is 234 Å². The maximum atomic E-state index is 13.4. The van der Waals surface area contributed by atoms with Crippen molar-refractivity contribution in [3.05, 3.63) is 58.7 Å². The van der Waals surface area contributed by atoms with Gasteiger partial charge in [0.25, 0.3) is 23.6 Å². The summed E-state index contributed by atoms with van der Waals surface area (Å²) in [5.74, 6) is -2.16. The van der Waals surface area contributed by atoms with Gasteiger partial charge in [-0.2, -0.15) is 9.98 Å². The minimum Gasteiger partial charge on any atom is -0.313 e. The Morgan fingerprint density at radius 2 is 0.975 bits per heavy atom. The molecule has 40 heavy (non-hydrogen) atoms. The van der Waals surface area contributed by atoms with Gasteiger partial charge >= 0.3 is 0 Å². The molecule has 4 N–H and O–H groups in total. The van der Waals surface area contributed by atoms with E-state index in [-0.39, 0.29) is 24.5 Å². The number of rotatable bonds is 4. The summed E-state index contributed by atoms with van der Waals surface area (Å²) in [6.45, 7) is -0.589. The highest BCUT2D eigenvalue weighted by molar-refractivity contribution is 7.78. The number of amides is 4. The molecule has 2 aliphatic rings. The fraction of sp³-hybridized carbons (Fsp3) is 0.0714. The summed E-state index contributed by atoms with van der Waals surface area (Å²) >= 11 is 9.89. The number of carbonyl (C=O) groups excluding carboxylic acids is 4. The molecule has 10 nitrogen and oxygen atoms in total. The molecule has 5 aromatic carbocycles. The molecule has 192 valence electrons. The van der Waals surface area contributed by atoms with Crippen molar-refractivity contribution < 1.29 is 19.2 Å². The van der Waals surface area contributed by atoms with Gasteiger partial charge in [-0.25, -0.2) is 0 Å². The van der Waals surface area contributed by atoms with E-state index >= 15 is 0 Å². The maximum absolute atomic E-state index is 13.4. The van der Waals surface area contributed by atoms with Crippen molar-refractivity contribution >= 4 is 113 Å². The molecule has 0 bridgehead atoms. The van der Waals surface area contributed by atoms with Gasteiger partial charge in [-0.15, -0.1) is 0 Å². The molecule has 0 fully saturated rings. The molecule has 0 aliphatic carbocycles. The van der Waals surface area contributed by atoms with E-state index in [0.29, 0.717) is 65.6 Å². The van der Waals surface area contributed by atoms with Gasteiger partial charge in [-0.1, -0.05) is 12.1 Å². The number of nitrogens with zero attached hydrogens (tertiary/aromatic N) is 4. The number of imide groups is 2. The molecule has 0 saturated carbocycles. The van der Waals surface area contributed by atoms with E-state index in [1.165, 1.54) is 0 Å². The summed E-state index contributed by atoms with van der Waals surface area (Å²) in [7, 11) is 0. The molecule has 0 radical (unpaired) electrons. The Kier molecular flexibility index (Phi) is 5.06. The first kappa shape index (κ1) is 24.3. The van der Waals surface area contributed by atoms with Crippen molar-refractivity contribution in [2.24, 2.45) is 21.5 Å². The average molecular weight is 563 g/mol. The Hall–Kier alpha value is -4.80. The van der Waals surface area contributed by atoms with Crippen LogP contribution < -0.4 is 11.5 Å². The smallest absolute Gasteiger partial charge is 0.262 e. The van der Waals surface area contributed by atoms with E-state index in [9.17, 15) is 19.2 Å². The van der Waals surface area contributed by atoms with Crippen LogP contribution in [0.25, 0.3) is 43.1 Å². The Morgan fingerprint density at radius 3 is 1.38 bits per heavy atom. The summed E-state index contributed by atoms with van der Waals surface area (Å²) < 4.78 is 0. The Bertz CT molecular complexity index is 2050. The van der Waals surface area contributed by atoms with Crippen LogP contribution >= 0.6 is 24.4 Å². The van der Waals surface area contributed by atoms with Crippen LogP contribution in [0.1, 0.15) is 41.4 Å². The fourth-order valence-corrected chi connectivity index (χ4v) is 6.33. The lowest BCUT2D eigenvalue weighted by Gasteiger charge is -2.30. The van der Waals surface area contributed by atoms with E-state index in [1.807, 2.05) is 0 Å². The van der Waals surface area contributed by atoms with Crippen LogP contribution in [-0.4, -0.2) is 57.1 Å². The molecule has 2 heterocycles. The number of nitrogens with two attached hydrogens (primary N) is 2. The number of hydrogen-bond acceptors (Lipinski definition) is 10. The summed E-state index contributed by atoms with van der Waals surface area (Å²) in [5.41, 5.74) is 13.2. The van der Waals surface area contributed by atoms with Gasteiger partial charge in [-0.05, 0) is 64.9 Å². The van der Waals surface area contributed by atoms with Crippen LogP contribution in [-0.2, 0) is 0 Å². The number of aliphatic imine (C=N–C) groups is 2. The first-order chi connectivity index (χ1) is 19.4. The van der Waals surface area contributed by atoms with Gasteiger partial charge in [0.1, 0.15) is 0 Å². The number of carbonyl (C=O) groups is 4. The number of fused-ring (bicyclic) bond motifs is 2. The molecule has 0 unspecified atom stereocenters. The predicted octanol–water partition coefficient (Wildman–Crippen LogP) is 4.23. The fourth-order valence-electron chi connectivity index (χ4n) is 6.13. The second kappa shape index (κ2) is 8.35. The number of isothiocyanates is 2. The minimum atomic E-state index is -0.571. The normalized spacial score (nSPS) is 14.6. The van der Waals surface area contributed by atoms with Crippen LogP contribution in [0.2, 0.25) is 0 Å². The molecule has 4 amide bonds. The third-order valence-corrected chi connectivity index (χ3v) is 7.84. The molecule has 12 heteroatoms. The second-order valence-corrected chi connectivity index (χ2v) is 9.67. The lowest BCUT2D eigenvalue weighted by molar-refractivity contribution is 0.0599. The van der Waals surface area contributed by atoms with Gasteiger partial charge in [0.15, 0.2) is 0 Å². The van der Waals surface area contributed by atoms with Crippen molar-refractivity contribution in [2.45, 2.75) is 0 Å². The standard InChI is InChI=1S/C28H14N6O4S2/c29-7-33-25(35)13-3-1-11-19-12(2-4-14(20(13)19)26(33)36)23-18(32-10-40)6-16-21-15(27(37)34(8-30)28(16)38)5-17(31-9-39)22(11)24(21)23/h1-6H,7-8,29-30H2. The molecule has 7 rings (SSSR count). The summed E-state index contributed by atoms with van der Waals surface area (Å²) in [6, 6.07) is 9.88. The maximum Gasteiger partial charge on any atom is 0.262 e. The van der Waals surface area contributed by atoms with E-state index in [4.69, 9.17) is 35.9 Å². The van der Waals surface area contributed by atoms with Gasteiger partial charge in [-0.3, -0.25) is 29.0 Å². The van der Waals surface area contributed by atoms with Gasteiger partial charge in [0, 0.05) is 38.1 Å². The highest BCUT2D eigenvalue weighted by atomic mass is 32.1. The molecule has 5 aromatic rings. The van der Waals surface area contributed by atoms with Crippen LogP contribution in [0.4, 0.5) is 11.4 Å². The number of benzene rings is 5. The number of hydrogen-bond donors (Lipinski definition) is 2. The van der Waals surface area contributed by atoms with Crippen LogP contribution in [0, 0.1) is 0 Å². The first-order valence-electron chi connectivity index (χ1n) is 11.9. The largest absolute Gasteiger partial charge is 0.313 e. The van der Waals surface area contributed by atoms with Crippen LogP contribution in [0.5, 0.6) is 0 Å². The molecule has 0 spiro atoms. The molecule has 0 aromatic heterocycles. The lowest BCUT2D eigenvalue weighted by Crippen LogP contribution is -2.43. The summed E-state index contributed by atoms with van der Waals surface area (Å²) in [6.07, 6.45) is 0. The average Bonchev–Trinajstić information content (AvgIpc) is 2.95. The molecular weight excluding hydrogens is 548 g/mol. The van der Waals surface area contributed by atoms with E-state index in [1.54, 1.807) is 36.4 Å². The molecule has 0 saturated heterocycles. The zero-order chi connectivity index (χ0) is 28.0. The van der Waals surface area contributed by atoms with E-state index < -0.39 is 23.6 Å². The van der Waals surface area contributed by atoms with Gasteiger partial charge in [0.05, 0.1) is 46.2 Å². The second-order valence-electron chi connectivity index (χ2n) is 9.31. The van der Waals surface area contributed by atoms with Crippen molar-refractivity contribution in [2.75, 3.05) is 13.3 Å². The first-order valence-corrected chi connectivity index (χ1v) is 12.8. The quantitative estimate of drug-likeness (QED) is 0.109. The topological polar surface area (TPSA) is 152 Å². The molecule has 2 aliphatic heterocycles. The third kappa shape index (κ3) is 2.78. The van der Waals surface area contributed by atoms with Crippen LogP contribution in [0.3, 0.4) is 0 Å². The highest BCUT2D eigenvalue weighted by Gasteiger charge is 2.37. The number of thiocarbonyl (C=S) groups is 2. The summed E-state index contributed by atoms with van der Waals surface area (Å²) in [4.78, 5) is 63.9. The Balaban J connectivity index is 1.83. The minimum absolute atomic E-state index is 0.222. The van der Waals surface area contributed by atoms with Gasteiger partial charge < -0.3 is 11.5 Å². The van der Waals surface area contributed by atoms with Crippen LogP contribution in [0.15, 0.2) is 46.4 Å². The molecule has 0 atom stereocenters. The summed E-state index contributed by atoms with van der Waals surface area (Å²) in [5, 5.41) is 9.15. The SMILES string of the molecule is NCN1C(=O)c2ccc3c4c(N=C=S)cc5c6c(cc(N=C=S)c(c7ccc(c2c37)C1=O)c64)C(=O)N(CN)C5=O.